The summed E-state index contributed by atoms with van der Waals surface area (Å²) in [5.74, 6) is -1.45. The second kappa shape index (κ2) is 4.45. The van der Waals surface area contributed by atoms with Crippen molar-refractivity contribution < 1.29 is 35.9 Å². The number of hydrogen-bond acceptors (Lipinski definition) is 5. The van der Waals surface area contributed by atoms with Gasteiger partial charge in [-0.25, -0.2) is 18.0 Å². The first-order valence-electron chi connectivity index (χ1n) is 3.42. The predicted molar refractivity (Wildman–Crippen MR) is 40.8 cm³/mol. The molecule has 0 aromatic carbocycles. The molecule has 0 saturated heterocycles. The number of carbonyl (C=O) groups is 1. The number of alkyl halides is 3. The van der Waals surface area contributed by atoms with Crippen LogP contribution in [0.3, 0.4) is 0 Å². The molecule has 0 rings (SSSR count). The van der Waals surface area contributed by atoms with E-state index < -0.39 is 26.2 Å². The molecule has 0 N–H and O–H groups in total. The van der Waals surface area contributed by atoms with Gasteiger partial charge in [0, 0.05) is 0 Å². The Labute approximate surface area is 82.4 Å². The summed E-state index contributed by atoms with van der Waals surface area (Å²) in [5, 5.41) is 0. The van der Waals surface area contributed by atoms with Crippen molar-refractivity contribution in [1.29, 1.82) is 0 Å². The average molecular weight is 246 g/mol. The van der Waals surface area contributed by atoms with Crippen molar-refractivity contribution in [3.05, 3.63) is 4.91 Å². The highest BCUT2D eigenvalue weighted by Crippen LogP contribution is 2.28. The van der Waals surface area contributed by atoms with Crippen LogP contribution in [0.4, 0.5) is 13.2 Å². The highest BCUT2D eigenvalue weighted by atomic mass is 32.2. The number of rotatable bonds is 3. The highest BCUT2D eigenvalue weighted by molar-refractivity contribution is 7.97. The minimum Gasteiger partial charge on any atom is -0.461 e. The van der Waals surface area contributed by atoms with Gasteiger partial charge < -0.3 is 4.74 Å². The highest BCUT2D eigenvalue weighted by Gasteiger charge is 2.52. The van der Waals surface area contributed by atoms with Crippen LogP contribution in [0.15, 0.2) is 4.91 Å². The van der Waals surface area contributed by atoms with Crippen LogP contribution in [0.2, 0.25) is 0 Å². The molecular weight excluding hydrogens is 241 g/mol. The van der Waals surface area contributed by atoms with E-state index in [1.165, 1.54) is 6.92 Å². The summed E-state index contributed by atoms with van der Waals surface area (Å²) in [6.45, 7) is 0.873. The third-order valence-electron chi connectivity index (χ3n) is 1.13. The lowest BCUT2D eigenvalue weighted by Crippen LogP contribution is -2.29. The van der Waals surface area contributed by atoms with Gasteiger partial charge in [0.05, 0.1) is 6.61 Å². The number of hydrogen-bond donors (Lipinski definition) is 0. The lowest BCUT2D eigenvalue weighted by molar-refractivity contribution is -0.137. The van der Waals surface area contributed by atoms with Gasteiger partial charge in [0.1, 0.15) is 0 Å². The van der Waals surface area contributed by atoms with E-state index in [1.807, 2.05) is 0 Å². The molecule has 0 aliphatic carbocycles. The van der Waals surface area contributed by atoms with Gasteiger partial charge in [-0.15, -0.1) is 0 Å². The molecule has 15 heavy (non-hydrogen) atoms. The summed E-state index contributed by atoms with van der Waals surface area (Å²) in [5.41, 5.74) is -5.73. The minimum absolute atomic E-state index is 0.364. The van der Waals surface area contributed by atoms with Crippen molar-refractivity contribution in [2.24, 2.45) is 0 Å². The van der Waals surface area contributed by atoms with Crippen LogP contribution in [0.5, 0.6) is 0 Å². The zero-order valence-corrected chi connectivity index (χ0v) is 8.11. The van der Waals surface area contributed by atoms with Gasteiger partial charge >= 0.3 is 11.5 Å². The summed E-state index contributed by atoms with van der Waals surface area (Å²) in [6.07, 6.45) is 0. The molecule has 0 radical (unpaired) electrons. The molecule has 9 heteroatoms. The van der Waals surface area contributed by atoms with E-state index in [9.17, 15) is 31.2 Å². The Morgan fingerprint density at radius 3 is 2.13 bits per heavy atom. The maximum atomic E-state index is 11.9. The van der Waals surface area contributed by atoms with Crippen LogP contribution in [0.25, 0.3) is 0 Å². The summed E-state index contributed by atoms with van der Waals surface area (Å²) < 4.78 is 60.7. The summed E-state index contributed by atoms with van der Waals surface area (Å²) >= 11 is 0. The van der Waals surface area contributed by atoms with Crippen molar-refractivity contribution in [2.45, 2.75) is 12.4 Å². The summed E-state index contributed by atoms with van der Waals surface area (Å²) in [6, 6.07) is 0. The Kier molecular flexibility index (Phi) is 4.06. The fourth-order valence-corrected chi connectivity index (χ4v) is 1.14. The third kappa shape index (κ3) is 2.80. The number of sulfone groups is 1. The average Bonchev–Trinajstić information content (AvgIpc) is 2.03. The SMILES string of the molecule is CCOC(=O)C(=C=O)S(=O)(=O)C(F)(F)F. The molecule has 5 nitrogen and oxygen atoms in total. The fourth-order valence-electron chi connectivity index (χ4n) is 0.519. The van der Waals surface area contributed by atoms with Crippen molar-refractivity contribution in [1.82, 2.24) is 0 Å². The maximum absolute atomic E-state index is 11.9. The first-order valence-corrected chi connectivity index (χ1v) is 4.90. The largest absolute Gasteiger partial charge is 0.502 e. The zero-order valence-electron chi connectivity index (χ0n) is 7.29. The van der Waals surface area contributed by atoms with Gasteiger partial charge in [-0.2, -0.15) is 13.2 Å². The topological polar surface area (TPSA) is 77.5 Å². The first-order chi connectivity index (χ1) is 6.68. The molecule has 0 amide bonds. The minimum atomic E-state index is -5.99. The molecule has 0 aromatic heterocycles. The predicted octanol–water partition coefficient (Wildman–Crippen LogP) is 0.200. The van der Waals surface area contributed by atoms with E-state index in [1.54, 1.807) is 0 Å². The number of esters is 1. The Morgan fingerprint density at radius 2 is 1.87 bits per heavy atom. The monoisotopic (exact) mass is 246 g/mol. The molecule has 0 saturated carbocycles. The van der Waals surface area contributed by atoms with E-state index in [0.717, 1.165) is 0 Å². The van der Waals surface area contributed by atoms with Crippen LogP contribution < -0.4 is 0 Å². The fraction of sp³-hybridized carbons (Fsp3) is 0.500. The lowest BCUT2D eigenvalue weighted by atomic mass is 10.6. The van der Waals surface area contributed by atoms with E-state index in [-0.39, 0.29) is 6.61 Å². The van der Waals surface area contributed by atoms with E-state index in [0.29, 0.717) is 5.94 Å². The molecule has 0 atom stereocenters. The molecule has 0 bridgehead atoms. The van der Waals surface area contributed by atoms with Crippen molar-refractivity contribution in [2.75, 3.05) is 6.61 Å². The van der Waals surface area contributed by atoms with Crippen LogP contribution in [-0.4, -0.2) is 32.4 Å². The quantitative estimate of drug-likeness (QED) is 0.404. The van der Waals surface area contributed by atoms with Gasteiger partial charge in [-0.05, 0) is 6.92 Å². The van der Waals surface area contributed by atoms with Gasteiger partial charge in [0.15, 0.2) is 5.94 Å². The van der Waals surface area contributed by atoms with Gasteiger partial charge in [0.2, 0.25) is 4.91 Å². The number of ether oxygens (including phenoxy) is 1. The van der Waals surface area contributed by atoms with Crippen LogP contribution >= 0.6 is 0 Å². The maximum Gasteiger partial charge on any atom is 0.502 e. The van der Waals surface area contributed by atoms with Crippen LogP contribution in [0, 0.1) is 0 Å². The molecule has 0 fully saturated rings. The molecule has 0 spiro atoms. The standard InChI is InChI=1S/C6H5F3O5S/c1-2-14-5(11)4(3-10)15(12,13)6(7,8)9/h2H2,1H3. The molecule has 0 unspecified atom stereocenters. The molecule has 0 aliphatic heterocycles. The molecular formula is C6H5F3O5S. The van der Waals surface area contributed by atoms with Crippen molar-refractivity contribution >= 4 is 21.7 Å². The van der Waals surface area contributed by atoms with E-state index in [4.69, 9.17) is 0 Å². The zero-order chi connectivity index (χ0) is 12.3. The normalized spacial score (nSPS) is 11.7. The van der Waals surface area contributed by atoms with E-state index in [2.05, 4.69) is 4.74 Å². The van der Waals surface area contributed by atoms with E-state index >= 15 is 0 Å². The van der Waals surface area contributed by atoms with Gasteiger partial charge in [0.25, 0.3) is 9.84 Å². The third-order valence-corrected chi connectivity index (χ3v) is 2.52. The molecule has 0 aliphatic rings. The number of carbonyl (C=O) groups excluding carboxylic acids is 2. The van der Waals surface area contributed by atoms with Gasteiger partial charge in [-0.1, -0.05) is 0 Å². The molecule has 0 heterocycles. The molecule has 0 aromatic rings. The van der Waals surface area contributed by atoms with Crippen molar-refractivity contribution in [3.8, 4) is 0 Å². The van der Waals surface area contributed by atoms with Crippen LogP contribution in [0.1, 0.15) is 6.92 Å². The summed E-state index contributed by atoms with van der Waals surface area (Å²) in [7, 11) is -5.99. The molecule has 86 valence electrons. The second-order valence-electron chi connectivity index (χ2n) is 2.10. The lowest BCUT2D eigenvalue weighted by Gasteiger charge is -2.07. The second-order valence-corrected chi connectivity index (χ2v) is 3.98. The Hall–Kier alpha value is -1.34. The Morgan fingerprint density at radius 1 is 1.40 bits per heavy atom. The number of halogens is 3. The van der Waals surface area contributed by atoms with Crippen LogP contribution in [-0.2, 0) is 24.2 Å². The Balaban J connectivity index is 5.39. The van der Waals surface area contributed by atoms with Gasteiger partial charge in [-0.3, -0.25) is 0 Å². The first kappa shape index (κ1) is 13.7. The summed E-state index contributed by atoms with van der Waals surface area (Å²) in [4.78, 5) is 18.6. The Bertz CT molecular complexity index is 401. The van der Waals surface area contributed by atoms with Crippen molar-refractivity contribution in [3.63, 3.8) is 0 Å². The smallest absolute Gasteiger partial charge is 0.461 e.